The van der Waals surface area contributed by atoms with Crippen LogP contribution in [-0.2, 0) is 14.4 Å². The number of likely N-dealkylation sites (N-methyl/N-ethyl adjacent to an activating group) is 1. The molecule has 6 nitrogen and oxygen atoms in total. The van der Waals surface area contributed by atoms with Crippen LogP contribution in [0.2, 0.25) is 0 Å². The third-order valence-electron chi connectivity index (χ3n) is 2.62. The Bertz CT molecular complexity index is 300. The van der Waals surface area contributed by atoms with Crippen molar-refractivity contribution in [1.82, 2.24) is 10.2 Å². The SMILES string of the molecule is CCN(CC)C(=O)C(C)NC(=O)CCCC(=O)O. The lowest BCUT2D eigenvalue weighted by Gasteiger charge is -2.23. The largest absolute Gasteiger partial charge is 0.481 e. The number of rotatable bonds is 8. The summed E-state index contributed by atoms with van der Waals surface area (Å²) in [4.78, 5) is 35.2. The minimum atomic E-state index is -0.921. The minimum absolute atomic E-state index is 0.0359. The smallest absolute Gasteiger partial charge is 0.303 e. The summed E-state index contributed by atoms with van der Waals surface area (Å²) in [6.07, 6.45) is 0.376. The molecule has 0 aromatic heterocycles. The average molecular weight is 258 g/mol. The van der Waals surface area contributed by atoms with Crippen LogP contribution in [0.25, 0.3) is 0 Å². The molecule has 0 rings (SSSR count). The topological polar surface area (TPSA) is 86.7 Å². The van der Waals surface area contributed by atoms with Crippen LogP contribution in [-0.4, -0.2) is 46.9 Å². The Labute approximate surface area is 107 Å². The Morgan fingerprint density at radius 3 is 2.17 bits per heavy atom. The standard InChI is InChI=1S/C12H22N2O4/c1-4-14(5-2)12(18)9(3)13-10(15)7-6-8-11(16)17/h9H,4-8H2,1-3H3,(H,13,15)(H,16,17). The van der Waals surface area contributed by atoms with E-state index in [-0.39, 0.29) is 31.1 Å². The molecule has 104 valence electrons. The van der Waals surface area contributed by atoms with Crippen LogP contribution < -0.4 is 5.32 Å². The van der Waals surface area contributed by atoms with Gasteiger partial charge in [-0.2, -0.15) is 0 Å². The number of carbonyl (C=O) groups is 3. The fourth-order valence-corrected chi connectivity index (χ4v) is 1.58. The Morgan fingerprint density at radius 2 is 1.72 bits per heavy atom. The fraction of sp³-hybridized carbons (Fsp3) is 0.750. The third-order valence-corrected chi connectivity index (χ3v) is 2.62. The van der Waals surface area contributed by atoms with Gasteiger partial charge in [0.05, 0.1) is 0 Å². The highest BCUT2D eigenvalue weighted by atomic mass is 16.4. The lowest BCUT2D eigenvalue weighted by Crippen LogP contribution is -2.46. The van der Waals surface area contributed by atoms with Gasteiger partial charge in [-0.15, -0.1) is 0 Å². The van der Waals surface area contributed by atoms with E-state index in [0.717, 1.165) is 0 Å². The molecule has 0 spiro atoms. The lowest BCUT2D eigenvalue weighted by atomic mass is 10.2. The van der Waals surface area contributed by atoms with Crippen LogP contribution >= 0.6 is 0 Å². The first-order valence-corrected chi connectivity index (χ1v) is 6.22. The van der Waals surface area contributed by atoms with Crippen LogP contribution in [0.15, 0.2) is 0 Å². The van der Waals surface area contributed by atoms with Crippen LogP contribution in [0.1, 0.15) is 40.0 Å². The monoisotopic (exact) mass is 258 g/mol. The van der Waals surface area contributed by atoms with Gasteiger partial charge in [-0.1, -0.05) is 0 Å². The maximum atomic E-state index is 11.8. The fourth-order valence-electron chi connectivity index (χ4n) is 1.58. The molecule has 0 fully saturated rings. The number of carboxylic acid groups (broad SMARTS) is 1. The van der Waals surface area contributed by atoms with Crippen molar-refractivity contribution in [3.05, 3.63) is 0 Å². The summed E-state index contributed by atoms with van der Waals surface area (Å²) in [5, 5.41) is 11.0. The van der Waals surface area contributed by atoms with E-state index in [9.17, 15) is 14.4 Å². The zero-order chi connectivity index (χ0) is 14.1. The summed E-state index contributed by atoms with van der Waals surface area (Å²) in [7, 11) is 0. The Balaban J connectivity index is 4.06. The predicted molar refractivity (Wildman–Crippen MR) is 67.0 cm³/mol. The summed E-state index contributed by atoms with van der Waals surface area (Å²) >= 11 is 0. The van der Waals surface area contributed by atoms with E-state index in [1.54, 1.807) is 11.8 Å². The van der Waals surface area contributed by atoms with Gasteiger partial charge in [0.2, 0.25) is 11.8 Å². The molecule has 0 aromatic rings. The third kappa shape index (κ3) is 6.22. The highest BCUT2D eigenvalue weighted by Gasteiger charge is 2.19. The molecule has 6 heteroatoms. The van der Waals surface area contributed by atoms with Crippen molar-refractivity contribution in [2.75, 3.05) is 13.1 Å². The van der Waals surface area contributed by atoms with Crippen LogP contribution in [0.4, 0.5) is 0 Å². The molecule has 0 heterocycles. The van der Waals surface area contributed by atoms with E-state index in [1.807, 2.05) is 13.8 Å². The average Bonchev–Trinajstić information content (AvgIpc) is 2.29. The van der Waals surface area contributed by atoms with E-state index in [4.69, 9.17) is 5.11 Å². The normalized spacial score (nSPS) is 11.7. The van der Waals surface area contributed by atoms with Gasteiger partial charge in [0.15, 0.2) is 0 Å². The van der Waals surface area contributed by atoms with E-state index in [0.29, 0.717) is 13.1 Å². The molecule has 0 aliphatic rings. The van der Waals surface area contributed by atoms with Gasteiger partial charge in [0.1, 0.15) is 6.04 Å². The summed E-state index contributed by atoms with van der Waals surface area (Å²) in [5.41, 5.74) is 0. The molecule has 0 saturated carbocycles. The van der Waals surface area contributed by atoms with Gasteiger partial charge in [0, 0.05) is 25.9 Å². The van der Waals surface area contributed by atoms with Crippen molar-refractivity contribution >= 4 is 17.8 Å². The van der Waals surface area contributed by atoms with Crippen LogP contribution in [0, 0.1) is 0 Å². The van der Waals surface area contributed by atoms with E-state index in [2.05, 4.69) is 5.32 Å². The molecular formula is C12H22N2O4. The highest BCUT2D eigenvalue weighted by Crippen LogP contribution is 1.98. The van der Waals surface area contributed by atoms with Gasteiger partial charge in [-0.25, -0.2) is 0 Å². The second-order valence-electron chi connectivity index (χ2n) is 4.05. The molecule has 0 saturated heterocycles. The molecule has 2 N–H and O–H groups in total. The van der Waals surface area contributed by atoms with Gasteiger partial charge in [-0.05, 0) is 27.2 Å². The van der Waals surface area contributed by atoms with Crippen molar-refractivity contribution < 1.29 is 19.5 Å². The van der Waals surface area contributed by atoms with Crippen molar-refractivity contribution in [3.63, 3.8) is 0 Å². The Hall–Kier alpha value is -1.59. The highest BCUT2D eigenvalue weighted by molar-refractivity contribution is 5.87. The Kier molecular flexibility index (Phi) is 7.74. The van der Waals surface area contributed by atoms with E-state index < -0.39 is 12.0 Å². The van der Waals surface area contributed by atoms with Crippen LogP contribution in [0.3, 0.4) is 0 Å². The van der Waals surface area contributed by atoms with Crippen LogP contribution in [0.5, 0.6) is 0 Å². The summed E-state index contributed by atoms with van der Waals surface area (Å²) in [6, 6.07) is -0.567. The van der Waals surface area contributed by atoms with E-state index >= 15 is 0 Å². The number of nitrogens with one attached hydrogen (secondary N) is 1. The molecule has 0 aliphatic carbocycles. The molecule has 18 heavy (non-hydrogen) atoms. The number of amides is 2. The Morgan fingerprint density at radius 1 is 1.17 bits per heavy atom. The van der Waals surface area contributed by atoms with Gasteiger partial charge in [-0.3, -0.25) is 14.4 Å². The molecule has 0 bridgehead atoms. The minimum Gasteiger partial charge on any atom is -0.481 e. The summed E-state index contributed by atoms with van der Waals surface area (Å²) in [6.45, 7) is 6.60. The molecule has 1 atom stereocenters. The predicted octanol–water partition coefficient (Wildman–Crippen LogP) is 0.614. The molecule has 2 amide bonds. The molecule has 0 aliphatic heterocycles. The van der Waals surface area contributed by atoms with Gasteiger partial charge < -0.3 is 15.3 Å². The summed E-state index contributed by atoms with van der Waals surface area (Å²) < 4.78 is 0. The number of nitrogens with zero attached hydrogens (tertiary/aromatic N) is 1. The molecular weight excluding hydrogens is 236 g/mol. The van der Waals surface area contributed by atoms with E-state index in [1.165, 1.54) is 0 Å². The number of carbonyl (C=O) groups excluding carboxylic acids is 2. The molecule has 0 aromatic carbocycles. The van der Waals surface area contributed by atoms with Crippen molar-refractivity contribution in [2.45, 2.75) is 46.1 Å². The first kappa shape index (κ1) is 16.4. The number of aliphatic carboxylic acids is 1. The number of carboxylic acids is 1. The zero-order valence-corrected chi connectivity index (χ0v) is 11.2. The van der Waals surface area contributed by atoms with Gasteiger partial charge >= 0.3 is 5.97 Å². The van der Waals surface area contributed by atoms with Gasteiger partial charge in [0.25, 0.3) is 0 Å². The van der Waals surface area contributed by atoms with Crippen molar-refractivity contribution in [1.29, 1.82) is 0 Å². The number of hydrogen-bond donors (Lipinski definition) is 2. The maximum absolute atomic E-state index is 11.8. The summed E-state index contributed by atoms with van der Waals surface area (Å²) in [5.74, 6) is -1.33. The molecule has 1 unspecified atom stereocenters. The quantitative estimate of drug-likeness (QED) is 0.668. The number of hydrogen-bond acceptors (Lipinski definition) is 3. The maximum Gasteiger partial charge on any atom is 0.303 e. The lowest BCUT2D eigenvalue weighted by molar-refractivity contribution is -0.138. The first-order chi connectivity index (χ1) is 8.42. The van der Waals surface area contributed by atoms with Crippen molar-refractivity contribution in [2.24, 2.45) is 0 Å². The molecule has 0 radical (unpaired) electrons. The first-order valence-electron chi connectivity index (χ1n) is 6.22. The second kappa shape index (κ2) is 8.49. The van der Waals surface area contributed by atoms with Crippen molar-refractivity contribution in [3.8, 4) is 0 Å². The second-order valence-corrected chi connectivity index (χ2v) is 4.05. The zero-order valence-electron chi connectivity index (χ0n) is 11.2.